The van der Waals surface area contributed by atoms with E-state index in [0.29, 0.717) is 6.54 Å². The molecule has 5 nitrogen and oxygen atoms in total. The molecule has 0 spiro atoms. The molecule has 0 fully saturated rings. The molecule has 0 N–H and O–H groups in total. The van der Waals surface area contributed by atoms with Crippen molar-refractivity contribution in [2.75, 3.05) is 4.90 Å². The Bertz CT molecular complexity index is 3540. The first kappa shape index (κ1) is 44.2. The molecule has 0 saturated carbocycles. The molecule has 8 aromatic carbocycles. The third-order valence-electron chi connectivity index (χ3n) is 13.4. The average Bonchev–Trinajstić information content (AvgIpc) is 3.66. The van der Waals surface area contributed by atoms with Gasteiger partial charge in [0, 0.05) is 6.20 Å². The van der Waals surface area contributed by atoms with Crippen molar-refractivity contribution in [3.63, 3.8) is 0 Å². The molecular formula is C63H54N4OPt. The number of aromatic nitrogens is 3. The molecule has 0 atom stereocenters. The summed E-state index contributed by atoms with van der Waals surface area (Å²) in [5.74, 6) is 2.42. The summed E-state index contributed by atoms with van der Waals surface area (Å²) in [4.78, 5) is 7.33. The van der Waals surface area contributed by atoms with Gasteiger partial charge in [0.05, 0.1) is 0 Å². The Morgan fingerprint density at radius 3 is 1.68 bits per heavy atom. The molecule has 1 aliphatic rings. The maximum absolute atomic E-state index is 6.91. The molecular weight excluding hydrogens is 1020 g/mol. The van der Waals surface area contributed by atoms with Crippen LogP contribution in [0.15, 0.2) is 206 Å². The van der Waals surface area contributed by atoms with Crippen molar-refractivity contribution in [2.24, 2.45) is 0 Å². The van der Waals surface area contributed by atoms with Gasteiger partial charge in [-0.15, -0.1) is 0 Å². The van der Waals surface area contributed by atoms with E-state index in [1.54, 1.807) is 0 Å². The number of fused-ring (bicyclic) bond motifs is 4. The second kappa shape index (κ2) is 17.6. The molecule has 0 radical (unpaired) electrons. The first-order valence-electron chi connectivity index (χ1n) is 23.7. The third kappa shape index (κ3) is 8.40. The molecule has 0 amide bonds. The minimum absolute atomic E-state index is 0.0297. The zero-order chi connectivity index (χ0) is 47.4. The Morgan fingerprint density at radius 1 is 0.464 bits per heavy atom. The first-order valence-corrected chi connectivity index (χ1v) is 24.9. The fraction of sp³-hybridized carbons (Fsp3) is 0.143. The van der Waals surface area contributed by atoms with Gasteiger partial charge in [-0.1, -0.05) is 57.2 Å². The Morgan fingerprint density at radius 2 is 1.04 bits per heavy atom. The number of benzene rings is 8. The number of ether oxygens (including phenoxy) is 1. The molecule has 0 bridgehead atoms. The van der Waals surface area contributed by atoms with Gasteiger partial charge in [0.25, 0.3) is 0 Å². The van der Waals surface area contributed by atoms with Gasteiger partial charge in [0.1, 0.15) is 0 Å². The quantitative estimate of drug-likeness (QED) is 0.152. The van der Waals surface area contributed by atoms with Crippen molar-refractivity contribution < 1.29 is 24.1 Å². The summed E-state index contributed by atoms with van der Waals surface area (Å²) < 4.78 is 12.8. The van der Waals surface area contributed by atoms with Crippen LogP contribution in [0.3, 0.4) is 0 Å². The van der Waals surface area contributed by atoms with Crippen molar-refractivity contribution in [3.8, 4) is 67.4 Å². The molecule has 11 rings (SSSR count). The van der Waals surface area contributed by atoms with E-state index in [9.17, 15) is 0 Å². The maximum atomic E-state index is 6.91. The zero-order valence-electron chi connectivity index (χ0n) is 39.9. The Balaban J connectivity index is 1.03. The molecule has 0 aliphatic carbocycles. The molecule has 3 heterocycles. The van der Waals surface area contributed by atoms with Gasteiger partial charge in [0.2, 0.25) is 0 Å². The van der Waals surface area contributed by atoms with Crippen LogP contribution in [0.2, 0.25) is 0 Å². The summed E-state index contributed by atoms with van der Waals surface area (Å²) in [5.41, 5.74) is 18.6. The first-order chi connectivity index (χ1) is 33.4. The van der Waals surface area contributed by atoms with Crippen LogP contribution in [0.1, 0.15) is 58.2 Å². The van der Waals surface area contributed by atoms with E-state index in [1.807, 2.05) is 6.20 Å². The van der Waals surface area contributed by atoms with Crippen molar-refractivity contribution in [2.45, 2.75) is 58.9 Å². The Labute approximate surface area is 416 Å². The van der Waals surface area contributed by atoms with Gasteiger partial charge in [0.15, 0.2) is 0 Å². The van der Waals surface area contributed by atoms with E-state index < -0.39 is 0 Å². The van der Waals surface area contributed by atoms with Gasteiger partial charge in [-0.3, -0.25) is 0 Å². The molecule has 10 aromatic rings. The molecule has 2 aromatic heterocycles. The van der Waals surface area contributed by atoms with Crippen LogP contribution in [0.25, 0.3) is 66.9 Å². The number of anilines is 2. The van der Waals surface area contributed by atoms with Crippen LogP contribution in [0, 0.1) is 3.80 Å². The fourth-order valence-corrected chi connectivity index (χ4v) is 10.8. The van der Waals surface area contributed by atoms with Crippen LogP contribution in [-0.4, -0.2) is 14.1 Å². The van der Waals surface area contributed by atoms with Crippen molar-refractivity contribution >= 4 is 22.5 Å². The van der Waals surface area contributed by atoms with Crippen LogP contribution >= 0.6 is 0 Å². The van der Waals surface area contributed by atoms with E-state index in [-0.39, 0.29) is 10.8 Å². The summed E-state index contributed by atoms with van der Waals surface area (Å²) in [6.45, 7) is 14.3. The SMILES string of the molecule is CC(C)(C)c1ccnc(N2Cc3cc(-c4ccccc4)ccc3-c3ccc(Oc4cccc(-n5[c](=[Pt])n(-c6c(-c7ccccc7)cc(C(C)(C)C)cc6-c6ccccc6)c6ccccc65)c4)cc32)c1. The van der Waals surface area contributed by atoms with Gasteiger partial charge >= 0.3 is 321 Å². The van der Waals surface area contributed by atoms with Crippen LogP contribution in [0.4, 0.5) is 11.5 Å². The second-order valence-corrected chi connectivity index (χ2v) is 21.1. The monoisotopic (exact) mass is 1080 g/mol. The van der Waals surface area contributed by atoms with E-state index in [2.05, 4.69) is 275 Å². The van der Waals surface area contributed by atoms with E-state index in [1.165, 1.54) is 55.6 Å². The summed E-state index contributed by atoms with van der Waals surface area (Å²) in [6, 6.07) is 72.0. The molecule has 342 valence electrons. The average molecular weight is 1080 g/mol. The molecule has 6 heteroatoms. The molecule has 0 unspecified atom stereocenters. The van der Waals surface area contributed by atoms with E-state index >= 15 is 0 Å². The Hall–Kier alpha value is -7.33. The van der Waals surface area contributed by atoms with Gasteiger partial charge in [-0.05, 0) is 34.2 Å². The van der Waals surface area contributed by atoms with Crippen LogP contribution < -0.4 is 9.64 Å². The second-order valence-electron chi connectivity index (χ2n) is 20.1. The number of nitrogens with zero attached hydrogens (tertiary/aromatic N) is 4. The number of imidazole rings is 1. The van der Waals surface area contributed by atoms with E-state index in [0.717, 1.165) is 54.8 Å². The fourth-order valence-electron chi connectivity index (χ4n) is 9.69. The molecule has 0 saturated heterocycles. The van der Waals surface area contributed by atoms with Crippen LogP contribution in [-0.2, 0) is 36.7 Å². The summed E-state index contributed by atoms with van der Waals surface area (Å²) in [6.07, 6.45) is 1.94. The number of pyridine rings is 1. The van der Waals surface area contributed by atoms with Gasteiger partial charge in [-0.2, -0.15) is 0 Å². The number of hydrogen-bond donors (Lipinski definition) is 0. The number of hydrogen-bond acceptors (Lipinski definition) is 3. The predicted molar refractivity (Wildman–Crippen MR) is 282 cm³/mol. The summed E-state index contributed by atoms with van der Waals surface area (Å²) in [5, 5.41) is 0. The number of para-hydroxylation sites is 2. The van der Waals surface area contributed by atoms with E-state index in [4.69, 9.17) is 9.72 Å². The summed E-state index contributed by atoms with van der Waals surface area (Å²) in [7, 11) is 0. The Kier molecular flexibility index (Phi) is 11.3. The third-order valence-corrected chi connectivity index (χ3v) is 14.4. The predicted octanol–water partition coefficient (Wildman–Crippen LogP) is 16.6. The summed E-state index contributed by atoms with van der Waals surface area (Å²) >= 11 is 2.53. The zero-order valence-corrected chi connectivity index (χ0v) is 42.1. The van der Waals surface area contributed by atoms with Crippen molar-refractivity contribution in [1.29, 1.82) is 0 Å². The van der Waals surface area contributed by atoms with Gasteiger partial charge in [-0.25, -0.2) is 0 Å². The molecule has 69 heavy (non-hydrogen) atoms. The standard InChI is InChI=1S/C63H54N4O.Pt/c1-62(2,3)48-33-34-64-60(38-48)65-41-47-35-46(43-19-10-7-11-20-43)29-31-53(47)54-32-30-52(40-59(54)65)68-51-26-18-25-50(39-51)66-42-67(58-28-17-16-27-57(58)66)61-55(44-21-12-8-13-22-44)36-49(63(4,5)6)37-56(61)45-23-14-9-15-24-45;/h7-40H,41H2,1-6H3;. The van der Waals surface area contributed by atoms with Crippen LogP contribution in [0.5, 0.6) is 11.5 Å². The topological polar surface area (TPSA) is 35.2 Å². The molecule has 1 aliphatic heterocycles. The minimum atomic E-state index is -0.0698. The normalized spacial score (nSPS) is 12.5. The van der Waals surface area contributed by atoms with Crippen molar-refractivity contribution in [1.82, 2.24) is 14.1 Å². The number of rotatable bonds is 8. The van der Waals surface area contributed by atoms with Gasteiger partial charge < -0.3 is 0 Å². The van der Waals surface area contributed by atoms with Crippen molar-refractivity contribution in [3.05, 3.63) is 227 Å².